The van der Waals surface area contributed by atoms with Crippen molar-refractivity contribution in [3.8, 4) is 0 Å². The number of benzene rings is 2. The van der Waals surface area contributed by atoms with E-state index in [1.165, 1.54) is 16.4 Å². The second-order valence-corrected chi connectivity index (χ2v) is 8.71. The van der Waals surface area contributed by atoms with E-state index in [0.717, 1.165) is 10.0 Å². The van der Waals surface area contributed by atoms with E-state index in [0.29, 0.717) is 18.7 Å². The van der Waals surface area contributed by atoms with Crippen molar-refractivity contribution >= 4 is 31.9 Å². The molecule has 5 nitrogen and oxygen atoms in total. The number of nitrogens with one attached hydrogen (secondary N) is 1. The van der Waals surface area contributed by atoms with Gasteiger partial charge in [0.05, 0.1) is 10.9 Å². The van der Waals surface area contributed by atoms with E-state index in [-0.39, 0.29) is 16.8 Å². The second-order valence-electron chi connectivity index (χ2n) is 5.86. The molecule has 7 heteroatoms. The fourth-order valence-corrected chi connectivity index (χ4v) is 4.33. The number of carbonyl (C=O) groups excluding carboxylic acids is 1. The molecule has 0 saturated carbocycles. The topological polar surface area (TPSA) is 66.5 Å². The quantitative estimate of drug-likeness (QED) is 0.710. The molecule has 0 bridgehead atoms. The molecular weight excluding hydrogens is 416 g/mol. The van der Waals surface area contributed by atoms with Crippen molar-refractivity contribution in [2.75, 3.05) is 13.1 Å². The monoisotopic (exact) mass is 438 g/mol. The highest BCUT2D eigenvalue weighted by molar-refractivity contribution is 9.10. The van der Waals surface area contributed by atoms with Crippen LogP contribution in [-0.2, 0) is 10.0 Å². The van der Waals surface area contributed by atoms with Gasteiger partial charge in [0.25, 0.3) is 5.91 Å². The molecule has 0 aromatic heterocycles. The van der Waals surface area contributed by atoms with Crippen molar-refractivity contribution in [1.82, 2.24) is 9.62 Å². The van der Waals surface area contributed by atoms with E-state index in [9.17, 15) is 13.2 Å². The number of carbonyl (C=O) groups is 1. The maximum absolute atomic E-state index is 12.5. The Kier molecular flexibility index (Phi) is 6.97. The van der Waals surface area contributed by atoms with Gasteiger partial charge < -0.3 is 5.32 Å². The Morgan fingerprint density at radius 1 is 1.04 bits per heavy atom. The largest absolute Gasteiger partial charge is 0.346 e. The van der Waals surface area contributed by atoms with Crippen LogP contribution in [0.15, 0.2) is 57.9 Å². The number of nitrogens with zero attached hydrogens (tertiary/aromatic N) is 1. The summed E-state index contributed by atoms with van der Waals surface area (Å²) in [6.45, 7) is 6.32. The van der Waals surface area contributed by atoms with Crippen LogP contribution in [0.3, 0.4) is 0 Å². The van der Waals surface area contributed by atoms with Crippen LogP contribution in [-0.4, -0.2) is 31.7 Å². The summed E-state index contributed by atoms with van der Waals surface area (Å²) in [6, 6.07) is 13.6. The molecule has 0 aliphatic rings. The summed E-state index contributed by atoms with van der Waals surface area (Å²) in [5.74, 6) is -0.243. The molecule has 0 aliphatic carbocycles. The van der Waals surface area contributed by atoms with Gasteiger partial charge in [0.2, 0.25) is 10.0 Å². The standard InChI is InChI=1S/C19H23BrN2O3S/c1-4-22(5-2)26(24,25)18-12-8-16(9-13-18)19(23)21-14(3)15-6-10-17(20)11-7-15/h6-14H,4-5H2,1-3H3,(H,21,23). The minimum Gasteiger partial charge on any atom is -0.346 e. The van der Waals surface area contributed by atoms with Crippen LogP contribution in [0.2, 0.25) is 0 Å². The van der Waals surface area contributed by atoms with Crippen LogP contribution in [0.25, 0.3) is 0 Å². The van der Waals surface area contributed by atoms with Crippen molar-refractivity contribution in [1.29, 1.82) is 0 Å². The summed E-state index contributed by atoms with van der Waals surface area (Å²) in [7, 11) is -3.52. The van der Waals surface area contributed by atoms with Crippen molar-refractivity contribution < 1.29 is 13.2 Å². The maximum atomic E-state index is 12.5. The molecule has 1 amide bonds. The third kappa shape index (κ3) is 4.72. The van der Waals surface area contributed by atoms with Gasteiger partial charge in [-0.1, -0.05) is 41.9 Å². The number of halogens is 1. The molecule has 2 aromatic rings. The summed E-state index contributed by atoms with van der Waals surface area (Å²) in [4.78, 5) is 12.6. The Morgan fingerprint density at radius 3 is 2.08 bits per heavy atom. The highest BCUT2D eigenvalue weighted by Gasteiger charge is 2.21. The molecule has 1 N–H and O–H groups in total. The molecule has 0 saturated heterocycles. The van der Waals surface area contributed by atoms with Crippen LogP contribution < -0.4 is 5.32 Å². The summed E-state index contributed by atoms with van der Waals surface area (Å²) < 4.78 is 27.3. The van der Waals surface area contributed by atoms with Crippen molar-refractivity contribution in [3.63, 3.8) is 0 Å². The van der Waals surface area contributed by atoms with E-state index < -0.39 is 10.0 Å². The van der Waals surface area contributed by atoms with Gasteiger partial charge in [-0.3, -0.25) is 4.79 Å². The molecule has 2 rings (SSSR count). The highest BCUT2D eigenvalue weighted by Crippen LogP contribution is 2.19. The number of rotatable bonds is 7. The van der Waals surface area contributed by atoms with Gasteiger partial charge in [0.15, 0.2) is 0 Å². The van der Waals surface area contributed by atoms with E-state index >= 15 is 0 Å². The minimum atomic E-state index is -3.52. The van der Waals surface area contributed by atoms with Crippen LogP contribution in [0.5, 0.6) is 0 Å². The van der Waals surface area contributed by atoms with Gasteiger partial charge in [-0.2, -0.15) is 4.31 Å². The normalized spacial score (nSPS) is 12.8. The lowest BCUT2D eigenvalue weighted by Crippen LogP contribution is -2.30. The first kappa shape index (κ1) is 20.6. The molecule has 140 valence electrons. The summed E-state index contributed by atoms with van der Waals surface area (Å²) >= 11 is 3.39. The molecule has 0 heterocycles. The van der Waals surface area contributed by atoms with Crippen LogP contribution >= 0.6 is 15.9 Å². The Morgan fingerprint density at radius 2 is 1.58 bits per heavy atom. The molecule has 0 aliphatic heterocycles. The van der Waals surface area contributed by atoms with Crippen molar-refractivity contribution in [2.45, 2.75) is 31.7 Å². The first-order valence-electron chi connectivity index (χ1n) is 8.46. The SMILES string of the molecule is CCN(CC)S(=O)(=O)c1ccc(C(=O)NC(C)c2ccc(Br)cc2)cc1. The van der Waals surface area contributed by atoms with Crippen LogP contribution in [0.4, 0.5) is 0 Å². The van der Waals surface area contributed by atoms with Gasteiger partial charge in [0.1, 0.15) is 0 Å². The predicted octanol–water partition coefficient (Wildman–Crippen LogP) is 3.97. The molecule has 0 radical (unpaired) electrons. The lowest BCUT2D eigenvalue weighted by molar-refractivity contribution is 0.0940. The Hall–Kier alpha value is -1.70. The number of amides is 1. The highest BCUT2D eigenvalue weighted by atomic mass is 79.9. The van der Waals surface area contributed by atoms with E-state index in [1.807, 2.05) is 31.2 Å². The number of hydrogen-bond acceptors (Lipinski definition) is 3. The van der Waals surface area contributed by atoms with Crippen LogP contribution in [0, 0.1) is 0 Å². The predicted molar refractivity (Wildman–Crippen MR) is 107 cm³/mol. The zero-order valence-electron chi connectivity index (χ0n) is 15.1. The Bertz CT molecular complexity index is 845. The molecular formula is C19H23BrN2O3S. The third-order valence-electron chi connectivity index (χ3n) is 4.18. The molecule has 1 unspecified atom stereocenters. The molecule has 2 aromatic carbocycles. The van der Waals surface area contributed by atoms with Gasteiger partial charge in [-0.25, -0.2) is 8.42 Å². The fraction of sp³-hybridized carbons (Fsp3) is 0.316. The van der Waals surface area contributed by atoms with Gasteiger partial charge in [0, 0.05) is 23.1 Å². The average molecular weight is 439 g/mol. The minimum absolute atomic E-state index is 0.158. The van der Waals surface area contributed by atoms with Crippen molar-refractivity contribution in [2.24, 2.45) is 0 Å². The third-order valence-corrected chi connectivity index (χ3v) is 6.77. The lowest BCUT2D eigenvalue weighted by Gasteiger charge is -2.18. The van der Waals surface area contributed by atoms with E-state index in [4.69, 9.17) is 0 Å². The Balaban J connectivity index is 2.12. The smallest absolute Gasteiger partial charge is 0.251 e. The number of hydrogen-bond donors (Lipinski definition) is 1. The second kappa shape index (κ2) is 8.79. The lowest BCUT2D eigenvalue weighted by atomic mass is 10.1. The zero-order chi connectivity index (χ0) is 19.3. The van der Waals surface area contributed by atoms with E-state index in [2.05, 4.69) is 21.2 Å². The summed E-state index contributed by atoms with van der Waals surface area (Å²) in [5.41, 5.74) is 1.41. The summed E-state index contributed by atoms with van der Waals surface area (Å²) in [5, 5.41) is 2.92. The molecule has 26 heavy (non-hydrogen) atoms. The summed E-state index contributed by atoms with van der Waals surface area (Å²) in [6.07, 6.45) is 0. The maximum Gasteiger partial charge on any atom is 0.251 e. The number of sulfonamides is 1. The average Bonchev–Trinajstić information content (AvgIpc) is 2.63. The van der Waals surface area contributed by atoms with Crippen LogP contribution in [0.1, 0.15) is 42.7 Å². The first-order chi connectivity index (χ1) is 12.3. The fourth-order valence-electron chi connectivity index (χ4n) is 2.61. The van der Waals surface area contributed by atoms with Gasteiger partial charge >= 0.3 is 0 Å². The molecule has 0 spiro atoms. The molecule has 0 fully saturated rings. The zero-order valence-corrected chi connectivity index (χ0v) is 17.5. The molecule has 1 atom stereocenters. The van der Waals surface area contributed by atoms with E-state index in [1.54, 1.807) is 26.0 Å². The Labute approximate surface area is 163 Å². The van der Waals surface area contributed by atoms with Gasteiger partial charge in [-0.05, 0) is 48.9 Å². The van der Waals surface area contributed by atoms with Gasteiger partial charge in [-0.15, -0.1) is 0 Å². The first-order valence-corrected chi connectivity index (χ1v) is 10.7. The van der Waals surface area contributed by atoms with Crippen molar-refractivity contribution in [3.05, 3.63) is 64.1 Å².